The lowest BCUT2D eigenvalue weighted by molar-refractivity contribution is 0.102. The molecule has 6 rings (SSSR count). The average molecular weight is 521 g/mol. The van der Waals surface area contributed by atoms with Gasteiger partial charge in [0.2, 0.25) is 10.0 Å². The number of nitrogens with zero attached hydrogens (tertiary/aromatic N) is 6. The van der Waals surface area contributed by atoms with E-state index >= 15 is 0 Å². The molecule has 2 N–H and O–H groups in total. The van der Waals surface area contributed by atoms with Gasteiger partial charge in [-0.2, -0.15) is 14.9 Å². The Bertz CT molecular complexity index is 1550. The maximum absolute atomic E-state index is 13.3. The van der Waals surface area contributed by atoms with Gasteiger partial charge in [-0.05, 0) is 69.2 Å². The molecular formula is C25H28N8O3S. The Labute approximate surface area is 214 Å². The molecule has 4 aromatic rings. The zero-order valence-electron chi connectivity index (χ0n) is 20.4. The van der Waals surface area contributed by atoms with E-state index in [1.165, 1.54) is 31.6 Å². The van der Waals surface area contributed by atoms with Crippen LogP contribution in [0.15, 0.2) is 49.1 Å². The van der Waals surface area contributed by atoms with Gasteiger partial charge in [0.25, 0.3) is 5.91 Å². The lowest BCUT2D eigenvalue weighted by Gasteiger charge is -2.26. The number of pyridine rings is 1. The summed E-state index contributed by atoms with van der Waals surface area (Å²) in [6, 6.07) is 7.60. The van der Waals surface area contributed by atoms with Crippen molar-refractivity contribution in [3.8, 4) is 5.82 Å². The summed E-state index contributed by atoms with van der Waals surface area (Å²) in [4.78, 5) is 22.2. The molecule has 0 saturated heterocycles. The topological polar surface area (TPSA) is 136 Å². The Hall–Kier alpha value is -3.64. The van der Waals surface area contributed by atoms with Gasteiger partial charge in [0.1, 0.15) is 11.4 Å². The molecule has 2 fully saturated rings. The van der Waals surface area contributed by atoms with Crippen LogP contribution in [-0.4, -0.2) is 56.0 Å². The Balaban J connectivity index is 1.30. The highest BCUT2D eigenvalue weighted by Gasteiger charge is 2.32. The SMILES string of the molecule is CNS(=O)(=O)C1CCC(c2cc(NC(=O)c3cnn4cccnc34)n(-c3ccc(C4CC4)cn3)n2)CC1. The van der Waals surface area contributed by atoms with Gasteiger partial charge >= 0.3 is 0 Å². The summed E-state index contributed by atoms with van der Waals surface area (Å²) in [5.74, 6) is 1.42. The third-order valence-corrected chi connectivity index (χ3v) is 9.26. The molecule has 192 valence electrons. The van der Waals surface area contributed by atoms with Crippen LogP contribution in [0.2, 0.25) is 0 Å². The van der Waals surface area contributed by atoms with Crippen molar-refractivity contribution >= 4 is 27.4 Å². The van der Waals surface area contributed by atoms with Crippen LogP contribution in [0.4, 0.5) is 5.82 Å². The van der Waals surface area contributed by atoms with Crippen LogP contribution in [0.25, 0.3) is 11.5 Å². The lowest BCUT2D eigenvalue weighted by Crippen LogP contribution is -2.34. The van der Waals surface area contributed by atoms with Crippen molar-refractivity contribution in [1.82, 2.24) is 34.1 Å². The summed E-state index contributed by atoms with van der Waals surface area (Å²) in [5, 5.41) is 11.6. The number of aromatic nitrogens is 6. The number of carbonyl (C=O) groups excluding carboxylic acids is 1. The predicted octanol–water partition coefficient (Wildman–Crippen LogP) is 3.02. The molecule has 12 heteroatoms. The number of sulfonamides is 1. The van der Waals surface area contributed by atoms with E-state index in [2.05, 4.69) is 31.2 Å². The fourth-order valence-corrected chi connectivity index (χ4v) is 6.28. The van der Waals surface area contributed by atoms with Crippen LogP contribution in [0.1, 0.15) is 72.0 Å². The zero-order valence-corrected chi connectivity index (χ0v) is 21.2. The van der Waals surface area contributed by atoms with Crippen LogP contribution in [0.5, 0.6) is 0 Å². The second-order valence-corrected chi connectivity index (χ2v) is 11.9. The van der Waals surface area contributed by atoms with Crippen LogP contribution in [0, 0.1) is 0 Å². The minimum atomic E-state index is -3.29. The molecule has 0 aliphatic heterocycles. The third-order valence-electron chi connectivity index (χ3n) is 7.35. The Morgan fingerprint density at radius 1 is 1.03 bits per heavy atom. The van der Waals surface area contributed by atoms with Crippen LogP contribution in [0.3, 0.4) is 0 Å². The minimum Gasteiger partial charge on any atom is -0.306 e. The number of rotatable bonds is 7. The van der Waals surface area contributed by atoms with Gasteiger partial charge in [0.05, 0.1) is 17.1 Å². The molecule has 1 amide bonds. The van der Waals surface area contributed by atoms with Crippen LogP contribution in [-0.2, 0) is 10.0 Å². The van der Waals surface area contributed by atoms with Gasteiger partial charge in [-0.15, -0.1) is 0 Å². The normalized spacial score (nSPS) is 20.2. The van der Waals surface area contributed by atoms with Crippen LogP contribution >= 0.6 is 0 Å². The monoisotopic (exact) mass is 520 g/mol. The Morgan fingerprint density at radius 3 is 2.51 bits per heavy atom. The van der Waals surface area contributed by atoms with Crippen LogP contribution < -0.4 is 10.0 Å². The van der Waals surface area contributed by atoms with Gasteiger partial charge in [-0.1, -0.05) is 6.07 Å². The highest BCUT2D eigenvalue weighted by Crippen LogP contribution is 2.40. The average Bonchev–Trinajstić information content (AvgIpc) is 3.55. The largest absolute Gasteiger partial charge is 0.306 e. The van der Waals surface area contributed by atoms with E-state index in [4.69, 9.17) is 5.10 Å². The number of amides is 1. The summed E-state index contributed by atoms with van der Waals surface area (Å²) < 4.78 is 30.1. The minimum absolute atomic E-state index is 0.0876. The number of hydrogen-bond donors (Lipinski definition) is 2. The fourth-order valence-electron chi connectivity index (χ4n) is 5.05. The third kappa shape index (κ3) is 4.62. The van der Waals surface area contributed by atoms with Crippen molar-refractivity contribution in [3.05, 3.63) is 65.9 Å². The molecule has 2 aliphatic rings. The van der Waals surface area contributed by atoms with Crippen molar-refractivity contribution in [2.24, 2.45) is 0 Å². The molecule has 0 bridgehead atoms. The lowest BCUT2D eigenvalue weighted by atomic mass is 9.87. The fraction of sp³-hybridized carbons (Fsp3) is 0.400. The van der Waals surface area contributed by atoms with Gasteiger partial charge in [-0.3, -0.25) is 4.79 Å². The molecule has 0 atom stereocenters. The first-order valence-electron chi connectivity index (χ1n) is 12.5. The molecule has 4 heterocycles. The van der Waals surface area contributed by atoms with Crippen molar-refractivity contribution in [2.45, 2.75) is 55.6 Å². The summed E-state index contributed by atoms with van der Waals surface area (Å²) in [5.41, 5.74) is 2.83. The van der Waals surface area contributed by atoms with Crippen molar-refractivity contribution in [3.63, 3.8) is 0 Å². The molecule has 0 spiro atoms. The summed E-state index contributed by atoms with van der Waals surface area (Å²) in [7, 11) is -1.84. The van der Waals surface area contributed by atoms with Gasteiger partial charge in [0.15, 0.2) is 11.5 Å². The van der Waals surface area contributed by atoms with E-state index in [0.29, 0.717) is 54.4 Å². The molecule has 37 heavy (non-hydrogen) atoms. The molecule has 4 aromatic heterocycles. The van der Waals surface area contributed by atoms with Crippen molar-refractivity contribution in [2.75, 3.05) is 12.4 Å². The van der Waals surface area contributed by atoms with E-state index < -0.39 is 15.3 Å². The molecule has 11 nitrogen and oxygen atoms in total. The van der Waals surface area contributed by atoms with Crippen molar-refractivity contribution < 1.29 is 13.2 Å². The van der Waals surface area contributed by atoms with Gasteiger partial charge in [0, 0.05) is 30.6 Å². The van der Waals surface area contributed by atoms with E-state index in [0.717, 1.165) is 5.69 Å². The maximum Gasteiger partial charge on any atom is 0.262 e. The highest BCUT2D eigenvalue weighted by atomic mass is 32.2. The Kier molecular flexibility index (Phi) is 6.00. The van der Waals surface area contributed by atoms with Gasteiger partial charge in [-0.25, -0.2) is 27.6 Å². The second kappa shape index (κ2) is 9.34. The summed E-state index contributed by atoms with van der Waals surface area (Å²) in [6.45, 7) is 0. The first-order chi connectivity index (χ1) is 17.9. The second-order valence-electron chi connectivity index (χ2n) is 9.71. The molecule has 2 saturated carbocycles. The summed E-state index contributed by atoms with van der Waals surface area (Å²) in [6.07, 6.45) is 11.6. The first kappa shape index (κ1) is 23.7. The first-order valence-corrected chi connectivity index (χ1v) is 14.1. The predicted molar refractivity (Wildman–Crippen MR) is 137 cm³/mol. The Morgan fingerprint density at radius 2 is 1.81 bits per heavy atom. The summed E-state index contributed by atoms with van der Waals surface area (Å²) >= 11 is 0. The number of nitrogens with one attached hydrogen (secondary N) is 2. The standard InChI is InChI=1S/C25H28N8O3S/c1-26-37(35,36)19-8-5-17(6-9-19)21-13-23(30-25(34)20-15-29-32-12-2-11-27-24(20)32)33(31-21)22-10-7-18(14-28-22)16-3-4-16/h2,7,10-17,19,26H,3-6,8-9H2,1H3,(H,30,34). The molecule has 0 radical (unpaired) electrons. The maximum atomic E-state index is 13.3. The van der Waals surface area contributed by atoms with Gasteiger partial charge < -0.3 is 5.32 Å². The highest BCUT2D eigenvalue weighted by molar-refractivity contribution is 7.90. The van der Waals surface area contributed by atoms with E-state index in [-0.39, 0.29) is 11.8 Å². The number of hydrogen-bond acceptors (Lipinski definition) is 7. The molecule has 0 aromatic carbocycles. The molecular weight excluding hydrogens is 492 g/mol. The number of anilines is 1. The van der Waals surface area contributed by atoms with Crippen molar-refractivity contribution in [1.29, 1.82) is 0 Å². The number of carbonyl (C=O) groups is 1. The zero-order chi connectivity index (χ0) is 25.6. The molecule has 2 aliphatic carbocycles. The van der Waals surface area contributed by atoms with E-state index in [1.807, 2.05) is 18.3 Å². The smallest absolute Gasteiger partial charge is 0.262 e. The van der Waals surface area contributed by atoms with E-state index in [1.54, 1.807) is 27.7 Å². The molecule has 0 unspecified atom stereocenters. The van der Waals surface area contributed by atoms with E-state index in [9.17, 15) is 13.2 Å². The quantitative estimate of drug-likeness (QED) is 0.382. The number of fused-ring (bicyclic) bond motifs is 1.